The maximum Gasteiger partial charge on any atom is 0.0661 e. The van der Waals surface area contributed by atoms with E-state index in [4.69, 9.17) is 0 Å². The molecule has 2 unspecified atom stereocenters. The summed E-state index contributed by atoms with van der Waals surface area (Å²) in [6.45, 7) is 0. The van der Waals surface area contributed by atoms with Crippen LogP contribution in [0, 0.1) is 5.92 Å². The molecule has 2 aliphatic rings. The molecule has 0 aromatic heterocycles. The maximum absolute atomic E-state index is 9.99. The van der Waals surface area contributed by atoms with Gasteiger partial charge >= 0.3 is 0 Å². The van der Waals surface area contributed by atoms with E-state index in [9.17, 15) is 5.11 Å². The topological polar surface area (TPSA) is 20.2 Å². The highest BCUT2D eigenvalue weighted by atomic mass is 32.2. The van der Waals surface area contributed by atoms with Crippen molar-refractivity contribution in [3.63, 3.8) is 0 Å². The highest BCUT2D eigenvalue weighted by molar-refractivity contribution is 8.00. The summed E-state index contributed by atoms with van der Waals surface area (Å²) < 4.78 is 0. The van der Waals surface area contributed by atoms with Crippen molar-refractivity contribution in [2.75, 3.05) is 5.75 Å². The molecular weight excluding hydrogens is 180 g/mol. The van der Waals surface area contributed by atoms with Gasteiger partial charge < -0.3 is 5.11 Å². The Balaban J connectivity index is 1.73. The van der Waals surface area contributed by atoms with Gasteiger partial charge in [0.15, 0.2) is 0 Å². The largest absolute Gasteiger partial charge is 0.392 e. The first-order valence-electron chi connectivity index (χ1n) is 5.66. The first kappa shape index (κ1) is 9.85. The van der Waals surface area contributed by atoms with Gasteiger partial charge in [-0.25, -0.2) is 0 Å². The second-order valence-corrected chi connectivity index (χ2v) is 5.85. The van der Waals surface area contributed by atoms with E-state index in [1.165, 1.54) is 44.3 Å². The summed E-state index contributed by atoms with van der Waals surface area (Å²) in [4.78, 5) is 0. The molecule has 1 N–H and O–H groups in total. The summed E-state index contributed by atoms with van der Waals surface area (Å²) in [6, 6.07) is 0. The Labute approximate surface area is 85.3 Å². The van der Waals surface area contributed by atoms with Crippen LogP contribution in [-0.4, -0.2) is 22.2 Å². The number of thioether (sulfide) groups is 1. The van der Waals surface area contributed by atoms with Crippen molar-refractivity contribution in [2.45, 2.75) is 56.3 Å². The fourth-order valence-electron chi connectivity index (χ4n) is 2.65. The van der Waals surface area contributed by atoms with Crippen molar-refractivity contribution in [3.05, 3.63) is 0 Å². The third kappa shape index (κ3) is 2.63. The number of hydrogen-bond donors (Lipinski definition) is 1. The molecule has 0 aromatic carbocycles. The van der Waals surface area contributed by atoms with Gasteiger partial charge in [0, 0.05) is 5.25 Å². The van der Waals surface area contributed by atoms with E-state index in [0.717, 1.165) is 12.3 Å². The van der Waals surface area contributed by atoms with E-state index in [2.05, 4.69) is 0 Å². The zero-order valence-corrected chi connectivity index (χ0v) is 9.06. The van der Waals surface area contributed by atoms with Gasteiger partial charge in [0.05, 0.1) is 6.10 Å². The Morgan fingerprint density at radius 1 is 1.15 bits per heavy atom. The van der Waals surface area contributed by atoms with E-state index < -0.39 is 0 Å². The van der Waals surface area contributed by atoms with Gasteiger partial charge in [-0.15, -0.1) is 0 Å². The quantitative estimate of drug-likeness (QED) is 0.756. The average molecular weight is 200 g/mol. The first-order chi connectivity index (χ1) is 6.36. The Morgan fingerprint density at radius 2 is 1.92 bits per heavy atom. The molecule has 0 aromatic rings. The molecule has 1 heterocycles. The predicted octanol–water partition coefficient (Wildman–Crippen LogP) is 2.82. The molecule has 0 bridgehead atoms. The molecule has 1 nitrogen and oxygen atoms in total. The van der Waals surface area contributed by atoms with Crippen LogP contribution in [0.1, 0.15) is 44.9 Å². The van der Waals surface area contributed by atoms with Gasteiger partial charge in [0.2, 0.25) is 0 Å². The summed E-state index contributed by atoms with van der Waals surface area (Å²) in [5.41, 5.74) is 0. The van der Waals surface area contributed by atoms with E-state index in [0.29, 0.717) is 5.25 Å². The van der Waals surface area contributed by atoms with Gasteiger partial charge in [-0.2, -0.15) is 11.8 Å². The number of rotatable bonds is 3. The summed E-state index contributed by atoms with van der Waals surface area (Å²) in [5, 5.41) is 10.6. The first-order valence-corrected chi connectivity index (χ1v) is 6.71. The lowest BCUT2D eigenvalue weighted by Gasteiger charge is -2.20. The Kier molecular flexibility index (Phi) is 3.56. The molecule has 13 heavy (non-hydrogen) atoms. The Hall–Kier alpha value is 0.310. The van der Waals surface area contributed by atoms with Crippen LogP contribution in [0.3, 0.4) is 0 Å². The van der Waals surface area contributed by atoms with Crippen LogP contribution in [0.15, 0.2) is 0 Å². The lowest BCUT2D eigenvalue weighted by molar-refractivity contribution is 0.139. The van der Waals surface area contributed by atoms with E-state index in [-0.39, 0.29) is 6.10 Å². The van der Waals surface area contributed by atoms with Crippen molar-refractivity contribution in [3.8, 4) is 0 Å². The van der Waals surface area contributed by atoms with Crippen LogP contribution >= 0.6 is 11.8 Å². The van der Waals surface area contributed by atoms with Crippen LogP contribution in [-0.2, 0) is 0 Å². The Morgan fingerprint density at radius 3 is 2.54 bits per heavy atom. The van der Waals surface area contributed by atoms with Gasteiger partial charge in [-0.1, -0.05) is 25.7 Å². The fourth-order valence-corrected chi connectivity index (χ4v) is 3.95. The molecule has 76 valence electrons. The van der Waals surface area contributed by atoms with Crippen molar-refractivity contribution in [1.29, 1.82) is 0 Å². The van der Waals surface area contributed by atoms with Gasteiger partial charge in [-0.3, -0.25) is 0 Å². The SMILES string of the molecule is OC(CC1CCCC1)C1CCCS1. The minimum absolute atomic E-state index is 0.00407. The number of hydrogen-bond acceptors (Lipinski definition) is 2. The van der Waals surface area contributed by atoms with Crippen molar-refractivity contribution in [2.24, 2.45) is 5.92 Å². The van der Waals surface area contributed by atoms with E-state index in [1.54, 1.807) is 0 Å². The molecule has 1 saturated carbocycles. The second kappa shape index (κ2) is 4.70. The van der Waals surface area contributed by atoms with Crippen LogP contribution < -0.4 is 0 Å². The normalized spacial score (nSPS) is 32.5. The maximum atomic E-state index is 9.99. The zero-order valence-electron chi connectivity index (χ0n) is 8.24. The number of aliphatic hydroxyl groups is 1. The molecule has 2 rings (SSSR count). The second-order valence-electron chi connectivity index (χ2n) is 4.51. The summed E-state index contributed by atoms with van der Waals surface area (Å²) >= 11 is 1.98. The Bertz CT molecular complexity index is 148. The van der Waals surface area contributed by atoms with Crippen LogP contribution in [0.5, 0.6) is 0 Å². The van der Waals surface area contributed by atoms with Crippen molar-refractivity contribution in [1.82, 2.24) is 0 Å². The van der Waals surface area contributed by atoms with E-state index >= 15 is 0 Å². The molecule has 0 radical (unpaired) electrons. The van der Waals surface area contributed by atoms with Crippen LogP contribution in [0.2, 0.25) is 0 Å². The third-order valence-electron chi connectivity index (χ3n) is 3.44. The van der Waals surface area contributed by atoms with E-state index in [1.807, 2.05) is 11.8 Å². The molecule has 2 fully saturated rings. The lowest BCUT2D eigenvalue weighted by atomic mass is 9.97. The molecule has 1 aliphatic heterocycles. The average Bonchev–Trinajstić information content (AvgIpc) is 2.74. The highest BCUT2D eigenvalue weighted by Crippen LogP contribution is 2.35. The molecule has 1 saturated heterocycles. The molecule has 2 heteroatoms. The summed E-state index contributed by atoms with van der Waals surface area (Å²) in [5.74, 6) is 2.11. The molecule has 1 aliphatic carbocycles. The van der Waals surface area contributed by atoms with Crippen LogP contribution in [0.25, 0.3) is 0 Å². The van der Waals surface area contributed by atoms with Gasteiger partial charge in [0.1, 0.15) is 0 Å². The third-order valence-corrected chi connectivity index (χ3v) is 4.95. The predicted molar refractivity (Wildman–Crippen MR) is 58.1 cm³/mol. The number of aliphatic hydroxyl groups excluding tert-OH is 1. The van der Waals surface area contributed by atoms with Crippen LogP contribution in [0.4, 0.5) is 0 Å². The van der Waals surface area contributed by atoms with Crippen molar-refractivity contribution >= 4 is 11.8 Å². The van der Waals surface area contributed by atoms with Crippen molar-refractivity contribution < 1.29 is 5.11 Å². The lowest BCUT2D eigenvalue weighted by Crippen LogP contribution is -2.23. The zero-order chi connectivity index (χ0) is 9.10. The molecule has 2 atom stereocenters. The van der Waals surface area contributed by atoms with Gasteiger partial charge in [-0.05, 0) is 30.9 Å². The minimum Gasteiger partial charge on any atom is -0.392 e. The molecule has 0 spiro atoms. The monoisotopic (exact) mass is 200 g/mol. The standard InChI is InChI=1S/C11H20OS/c12-10(11-6-3-7-13-11)8-9-4-1-2-5-9/h9-12H,1-8H2. The fraction of sp³-hybridized carbons (Fsp3) is 1.00. The van der Waals surface area contributed by atoms with Gasteiger partial charge in [0.25, 0.3) is 0 Å². The summed E-state index contributed by atoms with van der Waals surface area (Å²) in [6.07, 6.45) is 9.18. The molecular formula is C11H20OS. The minimum atomic E-state index is -0.00407. The molecule has 0 amide bonds. The highest BCUT2D eigenvalue weighted by Gasteiger charge is 2.27. The smallest absolute Gasteiger partial charge is 0.0661 e. The summed E-state index contributed by atoms with van der Waals surface area (Å²) in [7, 11) is 0.